The molecule has 4 bridgehead atoms. The highest BCUT2D eigenvalue weighted by molar-refractivity contribution is 9.10. The summed E-state index contributed by atoms with van der Waals surface area (Å²) in [4.78, 5) is 36.0. The highest BCUT2D eigenvalue weighted by atomic mass is 79.9. The molecule has 4 aliphatic carbocycles. The topological polar surface area (TPSA) is 97.6 Å². The van der Waals surface area contributed by atoms with Crippen molar-refractivity contribution in [1.82, 2.24) is 10.6 Å². The lowest BCUT2D eigenvalue weighted by Crippen LogP contribution is -2.56. The maximum atomic E-state index is 12.3. The molecule has 0 aromatic carbocycles. The summed E-state index contributed by atoms with van der Waals surface area (Å²) in [5.74, 6) is 1.06. The van der Waals surface area contributed by atoms with E-state index in [2.05, 4.69) is 33.5 Å². The van der Waals surface area contributed by atoms with Crippen molar-refractivity contribution in [2.24, 2.45) is 23.2 Å². The Kier molecular flexibility index (Phi) is 5.73. The van der Waals surface area contributed by atoms with Crippen molar-refractivity contribution in [2.75, 3.05) is 13.2 Å². The molecule has 5 rings (SSSR count). The molecular formula is C21H27BrN2O5. The molecular weight excluding hydrogens is 440 g/mol. The van der Waals surface area contributed by atoms with Crippen LogP contribution in [0.5, 0.6) is 0 Å². The monoisotopic (exact) mass is 466 g/mol. The van der Waals surface area contributed by atoms with Crippen LogP contribution in [0.2, 0.25) is 0 Å². The van der Waals surface area contributed by atoms with E-state index < -0.39 is 11.9 Å². The van der Waals surface area contributed by atoms with Crippen molar-refractivity contribution in [2.45, 2.75) is 51.5 Å². The van der Waals surface area contributed by atoms with Gasteiger partial charge in [-0.2, -0.15) is 0 Å². The fourth-order valence-electron chi connectivity index (χ4n) is 6.02. The van der Waals surface area contributed by atoms with E-state index in [1.807, 2.05) is 0 Å². The summed E-state index contributed by atoms with van der Waals surface area (Å²) in [5.41, 5.74) is 0.208. The number of esters is 1. The first-order valence-electron chi connectivity index (χ1n) is 10.3. The van der Waals surface area contributed by atoms with Gasteiger partial charge in [-0.1, -0.05) is 0 Å². The van der Waals surface area contributed by atoms with Crippen molar-refractivity contribution in [3.05, 3.63) is 22.6 Å². The predicted octanol–water partition coefficient (Wildman–Crippen LogP) is 3.04. The first-order chi connectivity index (χ1) is 13.8. The van der Waals surface area contributed by atoms with E-state index in [1.54, 1.807) is 6.07 Å². The van der Waals surface area contributed by atoms with Gasteiger partial charge in [0.1, 0.15) is 6.54 Å². The number of hydrogen-bond donors (Lipinski definition) is 2. The van der Waals surface area contributed by atoms with Crippen LogP contribution in [0, 0.1) is 23.2 Å². The molecule has 0 unspecified atom stereocenters. The molecule has 0 saturated heterocycles. The third kappa shape index (κ3) is 4.52. The molecule has 1 atom stereocenters. The lowest BCUT2D eigenvalue weighted by Gasteiger charge is -2.59. The number of nitrogens with one attached hydrogen (secondary N) is 2. The van der Waals surface area contributed by atoms with Gasteiger partial charge in [-0.3, -0.25) is 14.4 Å². The average molecular weight is 467 g/mol. The molecule has 2 amide bonds. The maximum absolute atomic E-state index is 12.3. The molecule has 8 heteroatoms. The molecule has 1 aromatic rings. The van der Waals surface area contributed by atoms with E-state index in [9.17, 15) is 14.4 Å². The summed E-state index contributed by atoms with van der Waals surface area (Å²) >= 11 is 3.11. The number of amides is 2. The quantitative estimate of drug-likeness (QED) is 0.601. The summed E-state index contributed by atoms with van der Waals surface area (Å²) in [5, 5.41) is 5.47. The van der Waals surface area contributed by atoms with Gasteiger partial charge in [0, 0.05) is 6.04 Å². The third-order valence-electron chi connectivity index (χ3n) is 6.94. The Labute approximate surface area is 178 Å². The highest BCUT2D eigenvalue weighted by Gasteiger charge is 2.53. The molecule has 0 spiro atoms. The van der Waals surface area contributed by atoms with Crippen LogP contribution in [-0.4, -0.2) is 37.0 Å². The largest absolute Gasteiger partial charge is 0.454 e. The lowest BCUT2D eigenvalue weighted by atomic mass is 9.48. The zero-order valence-corrected chi connectivity index (χ0v) is 18.1. The molecule has 158 valence electrons. The second-order valence-corrected chi connectivity index (χ2v) is 9.80. The summed E-state index contributed by atoms with van der Waals surface area (Å²) in [6.45, 7) is 1.43. The minimum absolute atomic E-state index is 0.0826. The van der Waals surface area contributed by atoms with Gasteiger partial charge >= 0.3 is 5.97 Å². The zero-order valence-electron chi connectivity index (χ0n) is 16.5. The molecule has 2 N–H and O–H groups in total. The van der Waals surface area contributed by atoms with Crippen LogP contribution in [0.15, 0.2) is 21.2 Å². The van der Waals surface area contributed by atoms with Gasteiger partial charge in [-0.05, 0) is 96.7 Å². The van der Waals surface area contributed by atoms with Crippen LogP contribution in [0.25, 0.3) is 0 Å². The molecule has 1 heterocycles. The van der Waals surface area contributed by atoms with Crippen LogP contribution in [0.3, 0.4) is 0 Å². The first-order valence-corrected chi connectivity index (χ1v) is 11.1. The Morgan fingerprint density at radius 1 is 1.17 bits per heavy atom. The third-order valence-corrected chi connectivity index (χ3v) is 7.36. The Morgan fingerprint density at radius 3 is 2.34 bits per heavy atom. The fraction of sp³-hybridized carbons (Fsp3) is 0.667. The second kappa shape index (κ2) is 8.13. The molecule has 1 aromatic heterocycles. The average Bonchev–Trinajstić information content (AvgIpc) is 3.10. The van der Waals surface area contributed by atoms with Crippen LogP contribution in [0.4, 0.5) is 0 Å². The van der Waals surface area contributed by atoms with E-state index in [-0.39, 0.29) is 36.3 Å². The van der Waals surface area contributed by atoms with E-state index in [0.29, 0.717) is 4.67 Å². The Morgan fingerprint density at radius 2 is 1.79 bits per heavy atom. The number of carbonyl (C=O) groups excluding carboxylic acids is 3. The van der Waals surface area contributed by atoms with E-state index >= 15 is 0 Å². The summed E-state index contributed by atoms with van der Waals surface area (Å²) in [7, 11) is 0. The van der Waals surface area contributed by atoms with Gasteiger partial charge in [0.25, 0.3) is 11.8 Å². The van der Waals surface area contributed by atoms with Crippen molar-refractivity contribution >= 4 is 33.7 Å². The molecule has 4 aliphatic rings. The van der Waals surface area contributed by atoms with E-state index in [4.69, 9.17) is 9.15 Å². The van der Waals surface area contributed by atoms with Gasteiger partial charge in [0.2, 0.25) is 0 Å². The lowest BCUT2D eigenvalue weighted by molar-refractivity contribution is -0.148. The SMILES string of the molecule is C[C@@H](NC(=O)COC(=O)CNC(=O)c1ccc(Br)o1)C12CC3CC(CC(C3)C1)C2. The number of furan rings is 1. The maximum Gasteiger partial charge on any atom is 0.325 e. The van der Waals surface area contributed by atoms with Crippen molar-refractivity contribution in [3.63, 3.8) is 0 Å². The van der Waals surface area contributed by atoms with Crippen molar-refractivity contribution in [1.29, 1.82) is 0 Å². The van der Waals surface area contributed by atoms with E-state index in [1.165, 1.54) is 44.6 Å². The number of halogens is 1. The zero-order chi connectivity index (χ0) is 20.6. The minimum atomic E-state index is -0.665. The Bertz CT molecular complexity index is 769. The molecule has 0 radical (unpaired) electrons. The first kappa shape index (κ1) is 20.4. The number of carbonyl (C=O) groups is 3. The van der Waals surface area contributed by atoms with Crippen molar-refractivity contribution < 1.29 is 23.5 Å². The fourth-order valence-corrected chi connectivity index (χ4v) is 6.32. The molecule has 0 aliphatic heterocycles. The second-order valence-electron chi connectivity index (χ2n) is 9.02. The van der Waals surface area contributed by atoms with Crippen molar-refractivity contribution in [3.8, 4) is 0 Å². The number of ether oxygens (including phenoxy) is 1. The summed E-state index contributed by atoms with van der Waals surface area (Å²) in [6.07, 6.45) is 7.69. The molecule has 7 nitrogen and oxygen atoms in total. The van der Waals surface area contributed by atoms with Crippen LogP contribution >= 0.6 is 15.9 Å². The molecule has 29 heavy (non-hydrogen) atoms. The van der Waals surface area contributed by atoms with Gasteiger partial charge < -0.3 is 19.8 Å². The van der Waals surface area contributed by atoms with Gasteiger partial charge in [-0.15, -0.1) is 0 Å². The minimum Gasteiger partial charge on any atom is -0.454 e. The van der Waals surface area contributed by atoms with Crippen LogP contribution in [0.1, 0.15) is 56.0 Å². The van der Waals surface area contributed by atoms with Crippen LogP contribution in [-0.2, 0) is 14.3 Å². The smallest absolute Gasteiger partial charge is 0.325 e. The summed E-state index contributed by atoms with van der Waals surface area (Å²) < 4.78 is 10.5. The predicted molar refractivity (Wildman–Crippen MR) is 108 cm³/mol. The standard InChI is InChI=1S/C21H27BrN2O5/c1-12(21-7-13-4-14(8-21)6-15(5-13)9-21)24-18(25)11-28-19(26)10-23-20(27)16-2-3-17(22)29-16/h2-3,12-15H,4-11H2,1H3,(H,23,27)(H,24,25)/t12-,13?,14?,15?,21?/m1/s1. The normalized spacial score (nSPS) is 30.6. The van der Waals surface area contributed by atoms with Gasteiger partial charge in [0.15, 0.2) is 17.0 Å². The Hall–Kier alpha value is -1.83. The van der Waals surface area contributed by atoms with E-state index in [0.717, 1.165) is 17.8 Å². The van der Waals surface area contributed by atoms with Crippen LogP contribution < -0.4 is 10.6 Å². The number of rotatable bonds is 7. The molecule has 4 fully saturated rings. The van der Waals surface area contributed by atoms with Gasteiger partial charge in [0.05, 0.1) is 0 Å². The number of hydrogen-bond acceptors (Lipinski definition) is 5. The molecule has 4 saturated carbocycles. The highest BCUT2D eigenvalue weighted by Crippen LogP contribution is 2.61. The Balaban J connectivity index is 1.20. The van der Waals surface area contributed by atoms with Gasteiger partial charge in [-0.25, -0.2) is 0 Å². The summed E-state index contributed by atoms with van der Waals surface area (Å²) in [6, 6.07) is 3.16.